The molecule has 0 heterocycles. The van der Waals surface area contributed by atoms with Gasteiger partial charge in [0.2, 0.25) is 0 Å². The van der Waals surface area contributed by atoms with Gasteiger partial charge in [-0.1, -0.05) is 0 Å². The first-order valence-electron chi connectivity index (χ1n) is 5.15. The van der Waals surface area contributed by atoms with Gasteiger partial charge < -0.3 is 0 Å². The number of carbonyl (C=O) groups is 1. The monoisotopic (exact) mass is 283 g/mol. The Morgan fingerprint density at radius 2 is 2.00 bits per heavy atom. The van der Waals surface area contributed by atoms with Crippen LogP contribution in [-0.2, 0) is 4.79 Å². The number of hydrogen-bond acceptors (Lipinski definition) is 2. The molecule has 0 saturated heterocycles. The molecule has 1 radical (unpaired) electrons. The van der Waals surface area contributed by atoms with Gasteiger partial charge in [0.15, 0.2) is 0 Å². The van der Waals surface area contributed by atoms with Crippen LogP contribution in [0.2, 0.25) is 5.21 Å². The zero-order valence-corrected chi connectivity index (χ0v) is 11.7. The zero-order chi connectivity index (χ0) is 10.9. The van der Waals surface area contributed by atoms with Gasteiger partial charge in [0.1, 0.15) is 0 Å². The van der Waals surface area contributed by atoms with Gasteiger partial charge in [-0.15, -0.1) is 0 Å². The SMILES string of the molecule is CC(=O)SCCCC[As]c1ccccc1. The van der Waals surface area contributed by atoms with E-state index in [1.165, 1.54) is 34.2 Å². The van der Waals surface area contributed by atoms with Gasteiger partial charge in [0.05, 0.1) is 0 Å². The van der Waals surface area contributed by atoms with E-state index in [1.807, 2.05) is 0 Å². The van der Waals surface area contributed by atoms with Crippen molar-refractivity contribution in [2.75, 3.05) is 5.75 Å². The molecule has 0 spiro atoms. The Morgan fingerprint density at radius 3 is 2.67 bits per heavy atom. The Kier molecular flexibility index (Phi) is 6.87. The Bertz CT molecular complexity index is 287. The van der Waals surface area contributed by atoms with Crippen molar-refractivity contribution in [1.29, 1.82) is 0 Å². The normalized spacial score (nSPS) is 11.0. The fourth-order valence-corrected chi connectivity index (χ4v) is 3.95. The van der Waals surface area contributed by atoms with Crippen LogP contribution in [0.25, 0.3) is 0 Å². The summed E-state index contributed by atoms with van der Waals surface area (Å²) in [7, 11) is 0. The molecule has 0 bridgehead atoms. The van der Waals surface area contributed by atoms with Crippen LogP contribution in [-0.4, -0.2) is 26.6 Å². The molecular weight excluding hydrogens is 267 g/mol. The summed E-state index contributed by atoms with van der Waals surface area (Å²) in [5.74, 6) is 0.991. The molecule has 0 fully saturated rings. The summed E-state index contributed by atoms with van der Waals surface area (Å²) in [5, 5.41) is 1.56. The third-order valence-corrected chi connectivity index (χ3v) is 5.33. The second-order valence-corrected chi connectivity index (χ2v) is 7.22. The van der Waals surface area contributed by atoms with Crippen molar-refractivity contribution in [3.05, 3.63) is 30.3 Å². The fraction of sp³-hybridized carbons (Fsp3) is 0.417. The second-order valence-electron chi connectivity index (χ2n) is 3.26. The summed E-state index contributed by atoms with van der Waals surface area (Å²) in [6, 6.07) is 10.7. The molecule has 1 aromatic carbocycles. The first-order valence-corrected chi connectivity index (χ1v) is 8.40. The number of benzene rings is 1. The molecule has 0 aliphatic rings. The van der Waals surface area contributed by atoms with E-state index >= 15 is 0 Å². The number of unbranched alkanes of at least 4 members (excludes halogenated alkanes) is 1. The van der Waals surface area contributed by atoms with Gasteiger partial charge in [0.25, 0.3) is 0 Å². The summed E-state index contributed by atoms with van der Waals surface area (Å²) in [4.78, 5) is 10.7. The predicted octanol–water partition coefficient (Wildman–Crippen LogP) is 2.49. The van der Waals surface area contributed by atoms with E-state index in [2.05, 4.69) is 30.3 Å². The average Bonchev–Trinajstić information content (AvgIpc) is 2.24. The standard InChI is InChI=1S/C12H16AsOS/c1-11(14)15-10-6-5-9-13-12-7-3-2-4-8-12/h2-4,7-8H,5-6,9-10H2,1H3. The van der Waals surface area contributed by atoms with Crippen LogP contribution in [0.5, 0.6) is 0 Å². The summed E-state index contributed by atoms with van der Waals surface area (Å²) in [6.45, 7) is 1.64. The van der Waals surface area contributed by atoms with Crippen molar-refractivity contribution in [3.8, 4) is 0 Å². The molecule has 1 aromatic rings. The van der Waals surface area contributed by atoms with Crippen molar-refractivity contribution in [2.45, 2.75) is 25.0 Å². The Morgan fingerprint density at radius 1 is 1.27 bits per heavy atom. The van der Waals surface area contributed by atoms with Crippen molar-refractivity contribution < 1.29 is 4.79 Å². The van der Waals surface area contributed by atoms with E-state index in [4.69, 9.17) is 0 Å². The Balaban J connectivity index is 2.00. The molecule has 0 amide bonds. The summed E-state index contributed by atoms with van der Waals surface area (Å²) in [5.41, 5.74) is 0. The van der Waals surface area contributed by atoms with E-state index in [1.54, 1.807) is 6.92 Å². The zero-order valence-electron chi connectivity index (χ0n) is 8.98. The van der Waals surface area contributed by atoms with E-state index in [-0.39, 0.29) is 5.12 Å². The molecule has 1 nitrogen and oxygen atoms in total. The second kappa shape index (κ2) is 8.01. The molecule has 3 heteroatoms. The van der Waals surface area contributed by atoms with Crippen LogP contribution in [0, 0.1) is 0 Å². The molecule has 0 saturated carbocycles. The topological polar surface area (TPSA) is 17.1 Å². The summed E-state index contributed by atoms with van der Waals surface area (Å²) >= 11 is 1.79. The molecule has 15 heavy (non-hydrogen) atoms. The predicted molar refractivity (Wildman–Crippen MR) is 69.0 cm³/mol. The summed E-state index contributed by atoms with van der Waals surface area (Å²) in [6.07, 6.45) is 2.43. The van der Waals surface area contributed by atoms with Gasteiger partial charge in [-0.05, 0) is 0 Å². The fourth-order valence-electron chi connectivity index (χ4n) is 1.17. The van der Waals surface area contributed by atoms with Crippen molar-refractivity contribution in [3.63, 3.8) is 0 Å². The number of thioether (sulfide) groups is 1. The van der Waals surface area contributed by atoms with Gasteiger partial charge in [-0.3, -0.25) is 0 Å². The van der Waals surface area contributed by atoms with Crippen molar-refractivity contribution in [1.82, 2.24) is 0 Å². The third-order valence-electron chi connectivity index (χ3n) is 1.91. The van der Waals surface area contributed by atoms with Crippen LogP contribution >= 0.6 is 11.8 Å². The van der Waals surface area contributed by atoms with Gasteiger partial charge in [-0.25, -0.2) is 0 Å². The summed E-state index contributed by atoms with van der Waals surface area (Å²) < 4.78 is 1.51. The van der Waals surface area contributed by atoms with Crippen LogP contribution in [0.3, 0.4) is 0 Å². The quantitative estimate of drug-likeness (QED) is 0.589. The minimum atomic E-state index is 0.242. The van der Waals surface area contributed by atoms with Crippen LogP contribution in [0.4, 0.5) is 0 Å². The van der Waals surface area contributed by atoms with E-state index in [0.717, 1.165) is 5.75 Å². The van der Waals surface area contributed by atoms with Crippen LogP contribution < -0.4 is 4.35 Å². The molecule has 81 valence electrons. The molecular formula is C12H16AsOS. The molecule has 0 N–H and O–H groups in total. The molecule has 0 unspecified atom stereocenters. The maximum absolute atomic E-state index is 10.7. The van der Waals surface area contributed by atoms with E-state index in [0.29, 0.717) is 15.8 Å². The Hall–Kier alpha value is -0.202. The van der Waals surface area contributed by atoms with Gasteiger partial charge in [0, 0.05) is 0 Å². The van der Waals surface area contributed by atoms with Crippen molar-refractivity contribution in [2.24, 2.45) is 0 Å². The van der Waals surface area contributed by atoms with Crippen molar-refractivity contribution >= 4 is 37.0 Å². The maximum atomic E-state index is 10.7. The molecule has 0 aliphatic heterocycles. The first-order chi connectivity index (χ1) is 7.29. The molecule has 1 rings (SSSR count). The average molecular weight is 283 g/mol. The molecule has 0 atom stereocenters. The van der Waals surface area contributed by atoms with Gasteiger partial charge in [-0.2, -0.15) is 0 Å². The molecule has 0 aromatic heterocycles. The van der Waals surface area contributed by atoms with Gasteiger partial charge >= 0.3 is 103 Å². The van der Waals surface area contributed by atoms with Crippen LogP contribution in [0.1, 0.15) is 19.8 Å². The minimum absolute atomic E-state index is 0.242. The Labute approximate surface area is 103 Å². The molecule has 0 aliphatic carbocycles. The van der Waals surface area contributed by atoms with E-state index in [9.17, 15) is 4.79 Å². The first kappa shape index (κ1) is 12.9. The van der Waals surface area contributed by atoms with Crippen LogP contribution in [0.15, 0.2) is 30.3 Å². The van der Waals surface area contributed by atoms with E-state index < -0.39 is 0 Å². The number of carbonyl (C=O) groups excluding carboxylic acids is 1. The third kappa shape index (κ3) is 6.81. The number of hydrogen-bond donors (Lipinski definition) is 0. The number of rotatable bonds is 6.